The lowest BCUT2D eigenvalue weighted by molar-refractivity contribution is 0.101. The van der Waals surface area contributed by atoms with E-state index in [4.69, 9.17) is 0 Å². The summed E-state index contributed by atoms with van der Waals surface area (Å²) in [6.07, 6.45) is 0. The summed E-state index contributed by atoms with van der Waals surface area (Å²) in [6.45, 7) is 3.10. The number of hydrogen-bond acceptors (Lipinski definition) is 6. The molecule has 0 radical (unpaired) electrons. The number of halogens is 1. The maximum absolute atomic E-state index is 14.7. The fourth-order valence-electron chi connectivity index (χ4n) is 3.85. The predicted octanol–water partition coefficient (Wildman–Crippen LogP) is 3.03. The molecule has 3 aromatic rings. The summed E-state index contributed by atoms with van der Waals surface area (Å²) in [4.78, 5) is 33.9. The van der Waals surface area contributed by atoms with E-state index in [2.05, 4.69) is 31.3 Å². The summed E-state index contributed by atoms with van der Waals surface area (Å²) in [7, 11) is 0. The van der Waals surface area contributed by atoms with E-state index < -0.39 is 17.6 Å². The molecule has 4 N–H and O–H groups in total. The van der Waals surface area contributed by atoms with Gasteiger partial charge < -0.3 is 21.3 Å². The second-order valence-corrected chi connectivity index (χ2v) is 8.07. The van der Waals surface area contributed by atoms with Crippen molar-refractivity contribution in [2.75, 3.05) is 36.8 Å². The molecule has 176 valence electrons. The average molecular weight is 471 g/mol. The van der Waals surface area contributed by atoms with Gasteiger partial charge in [0.15, 0.2) is 0 Å². The van der Waals surface area contributed by atoms with Gasteiger partial charge in [-0.1, -0.05) is 0 Å². The van der Waals surface area contributed by atoms with Crippen molar-refractivity contribution < 1.29 is 14.0 Å². The lowest BCUT2D eigenvalue weighted by Gasteiger charge is -2.10. The number of aliphatic imine (C=N–C) groups is 2. The van der Waals surface area contributed by atoms with Gasteiger partial charge in [-0.05, 0) is 66.7 Å². The topological polar surface area (TPSA) is 107 Å². The molecule has 0 saturated heterocycles. The smallest absolute Gasteiger partial charge is 0.258 e. The molecular weight excluding hydrogens is 447 g/mol. The third-order valence-electron chi connectivity index (χ3n) is 5.66. The van der Waals surface area contributed by atoms with E-state index in [0.29, 0.717) is 11.4 Å². The van der Waals surface area contributed by atoms with E-state index in [1.807, 2.05) is 24.3 Å². The van der Waals surface area contributed by atoms with Gasteiger partial charge in [-0.25, -0.2) is 4.39 Å². The van der Waals surface area contributed by atoms with Crippen molar-refractivity contribution in [1.29, 1.82) is 0 Å². The van der Waals surface area contributed by atoms with Gasteiger partial charge in [0.05, 0.1) is 18.7 Å². The van der Waals surface area contributed by atoms with Crippen molar-refractivity contribution in [1.82, 2.24) is 10.6 Å². The molecule has 5 rings (SSSR count). The molecule has 3 aromatic carbocycles. The lowest BCUT2D eigenvalue weighted by atomic mass is 10.1. The van der Waals surface area contributed by atoms with Crippen LogP contribution in [0.1, 0.15) is 31.8 Å². The molecule has 0 bridgehead atoms. The van der Waals surface area contributed by atoms with Crippen LogP contribution in [0, 0.1) is 5.82 Å². The fourth-order valence-corrected chi connectivity index (χ4v) is 3.85. The Hall–Kier alpha value is -4.53. The number of amides is 2. The van der Waals surface area contributed by atoms with Crippen LogP contribution in [0.3, 0.4) is 0 Å². The Morgan fingerprint density at radius 2 is 1.23 bits per heavy atom. The molecule has 35 heavy (non-hydrogen) atoms. The number of amidine groups is 2. The van der Waals surface area contributed by atoms with Crippen LogP contribution in [0.5, 0.6) is 0 Å². The highest BCUT2D eigenvalue weighted by molar-refractivity contribution is 6.08. The monoisotopic (exact) mass is 470 g/mol. The Morgan fingerprint density at radius 3 is 1.69 bits per heavy atom. The van der Waals surface area contributed by atoms with Crippen LogP contribution in [0.4, 0.5) is 15.8 Å². The van der Waals surface area contributed by atoms with Crippen LogP contribution in [0.2, 0.25) is 0 Å². The minimum atomic E-state index is -0.781. The minimum Gasteiger partial charge on any atom is -0.368 e. The molecule has 2 aliphatic heterocycles. The Labute approximate surface area is 201 Å². The van der Waals surface area contributed by atoms with Crippen LogP contribution in [0.25, 0.3) is 0 Å². The Balaban J connectivity index is 1.22. The Kier molecular flexibility index (Phi) is 6.21. The number of benzene rings is 3. The van der Waals surface area contributed by atoms with Gasteiger partial charge in [-0.15, -0.1) is 0 Å². The zero-order valence-electron chi connectivity index (χ0n) is 18.8. The van der Waals surface area contributed by atoms with Gasteiger partial charge >= 0.3 is 0 Å². The molecule has 0 saturated carbocycles. The normalized spacial score (nSPS) is 14.4. The molecule has 9 heteroatoms. The number of nitrogens with one attached hydrogen (secondary N) is 4. The first-order chi connectivity index (χ1) is 17.1. The molecule has 0 aliphatic carbocycles. The van der Waals surface area contributed by atoms with E-state index in [1.54, 1.807) is 24.3 Å². The van der Waals surface area contributed by atoms with Gasteiger partial charge in [0.2, 0.25) is 0 Å². The van der Waals surface area contributed by atoms with Crippen LogP contribution < -0.4 is 21.3 Å². The SMILES string of the molecule is O=C(Nc1ccc(C2=NCCN2)cc1)c1ccc(C(=O)Nc2ccc(C3=NCCN3)cc2)c(F)c1. The van der Waals surface area contributed by atoms with Gasteiger partial charge in [0.25, 0.3) is 11.8 Å². The van der Waals surface area contributed by atoms with Crippen molar-refractivity contribution in [3.63, 3.8) is 0 Å². The van der Waals surface area contributed by atoms with E-state index in [1.165, 1.54) is 12.1 Å². The maximum atomic E-state index is 14.7. The molecule has 0 aromatic heterocycles. The van der Waals surface area contributed by atoms with Gasteiger partial charge in [-0.2, -0.15) is 0 Å². The third kappa shape index (κ3) is 5.03. The molecule has 0 spiro atoms. The zero-order valence-corrected chi connectivity index (χ0v) is 18.8. The van der Waals surface area contributed by atoms with Gasteiger partial charge in [0.1, 0.15) is 17.5 Å². The fraction of sp³-hybridized carbons (Fsp3) is 0.154. The van der Waals surface area contributed by atoms with Crippen LogP contribution in [0.15, 0.2) is 76.7 Å². The number of anilines is 2. The highest BCUT2D eigenvalue weighted by atomic mass is 19.1. The highest BCUT2D eigenvalue weighted by Gasteiger charge is 2.16. The maximum Gasteiger partial charge on any atom is 0.258 e. The van der Waals surface area contributed by atoms with Crippen molar-refractivity contribution in [3.05, 3.63) is 94.8 Å². The zero-order chi connectivity index (χ0) is 24.2. The molecule has 0 atom stereocenters. The van der Waals surface area contributed by atoms with Crippen molar-refractivity contribution in [2.24, 2.45) is 9.98 Å². The van der Waals surface area contributed by atoms with Crippen LogP contribution >= 0.6 is 0 Å². The van der Waals surface area contributed by atoms with Crippen LogP contribution in [-0.2, 0) is 0 Å². The standard InChI is InChI=1S/C26H23FN6O2/c27-22-15-18(25(34)32-19-6-1-16(2-7-19)23-28-11-12-29-23)5-10-21(22)26(35)33-20-8-3-17(4-9-20)24-30-13-14-31-24/h1-10,15H,11-14H2,(H,28,29)(H,30,31)(H,32,34)(H,33,35). The summed E-state index contributed by atoms with van der Waals surface area (Å²) in [6, 6.07) is 18.1. The van der Waals surface area contributed by atoms with Crippen molar-refractivity contribution in [2.45, 2.75) is 0 Å². The molecule has 8 nitrogen and oxygen atoms in total. The average Bonchev–Trinajstić information content (AvgIpc) is 3.60. The van der Waals surface area contributed by atoms with Gasteiger partial charge in [-0.3, -0.25) is 19.6 Å². The van der Waals surface area contributed by atoms with E-state index >= 15 is 0 Å². The number of carbonyl (C=O) groups is 2. The summed E-state index contributed by atoms with van der Waals surface area (Å²) >= 11 is 0. The van der Waals surface area contributed by atoms with E-state index in [0.717, 1.165) is 55.0 Å². The third-order valence-corrected chi connectivity index (χ3v) is 5.66. The minimum absolute atomic E-state index is 0.110. The Morgan fingerprint density at radius 1 is 0.714 bits per heavy atom. The molecule has 2 heterocycles. The second kappa shape index (κ2) is 9.76. The Bertz CT molecular complexity index is 1330. The summed E-state index contributed by atoms with van der Waals surface area (Å²) < 4.78 is 14.7. The van der Waals surface area contributed by atoms with Crippen LogP contribution in [-0.4, -0.2) is 49.7 Å². The first kappa shape index (κ1) is 22.3. The molecule has 2 amide bonds. The summed E-state index contributed by atoms with van der Waals surface area (Å²) in [5, 5.41) is 11.8. The molecule has 0 unspecified atom stereocenters. The van der Waals surface area contributed by atoms with Crippen molar-refractivity contribution in [3.8, 4) is 0 Å². The predicted molar refractivity (Wildman–Crippen MR) is 134 cm³/mol. The second-order valence-electron chi connectivity index (χ2n) is 8.07. The number of rotatable bonds is 6. The molecular formula is C26H23FN6O2. The largest absolute Gasteiger partial charge is 0.368 e. The van der Waals surface area contributed by atoms with Gasteiger partial charge in [0, 0.05) is 41.2 Å². The number of nitrogens with zero attached hydrogens (tertiary/aromatic N) is 2. The van der Waals surface area contributed by atoms with E-state index in [9.17, 15) is 14.0 Å². The first-order valence-corrected chi connectivity index (χ1v) is 11.3. The van der Waals surface area contributed by atoms with E-state index in [-0.39, 0.29) is 11.1 Å². The quantitative estimate of drug-likeness (QED) is 0.444. The lowest BCUT2D eigenvalue weighted by Crippen LogP contribution is -2.19. The highest BCUT2D eigenvalue weighted by Crippen LogP contribution is 2.17. The molecule has 0 fully saturated rings. The molecule has 2 aliphatic rings. The summed E-state index contributed by atoms with van der Waals surface area (Å²) in [5.74, 6) is -0.206. The first-order valence-electron chi connectivity index (χ1n) is 11.3. The number of hydrogen-bond donors (Lipinski definition) is 4. The summed E-state index contributed by atoms with van der Waals surface area (Å²) in [5.41, 5.74) is 2.91. The van der Waals surface area contributed by atoms with Crippen molar-refractivity contribution >= 4 is 34.9 Å². The number of carbonyl (C=O) groups excluding carboxylic acids is 2.